The van der Waals surface area contributed by atoms with Gasteiger partial charge in [-0.1, -0.05) is 42.8 Å². The monoisotopic (exact) mass is 541 g/mol. The first-order chi connectivity index (χ1) is 17.7. The third-order valence-corrected chi connectivity index (χ3v) is 8.86. The van der Waals surface area contributed by atoms with Crippen molar-refractivity contribution in [2.45, 2.75) is 37.3 Å². The third kappa shape index (κ3) is 6.06. The number of rotatable bonds is 9. The lowest BCUT2D eigenvalue weighted by molar-refractivity contribution is 0.318. The lowest BCUT2D eigenvalue weighted by Crippen LogP contribution is -2.28. The molecule has 4 rings (SSSR count). The molecule has 196 valence electrons. The summed E-state index contributed by atoms with van der Waals surface area (Å²) in [4.78, 5) is 11.4. The Hall–Kier alpha value is -3.14. The van der Waals surface area contributed by atoms with Crippen molar-refractivity contribution in [2.75, 3.05) is 37.4 Å². The Bertz CT molecular complexity index is 1410. The number of methoxy groups -OCH3 is 1. The minimum absolute atomic E-state index is 0.186. The first kappa shape index (κ1) is 26.9. The molecule has 1 aromatic heterocycles. The summed E-state index contributed by atoms with van der Waals surface area (Å²) >= 11 is 6.37. The van der Waals surface area contributed by atoms with E-state index in [1.54, 1.807) is 45.2 Å². The number of nitrogens with one attached hydrogen (secondary N) is 2. The summed E-state index contributed by atoms with van der Waals surface area (Å²) in [6, 6.07) is 12.7. The van der Waals surface area contributed by atoms with E-state index >= 15 is 0 Å². The van der Waals surface area contributed by atoms with Gasteiger partial charge in [-0.2, -0.15) is 4.98 Å². The molecule has 0 amide bonds. The number of hydrogen-bond donors (Lipinski definition) is 2. The van der Waals surface area contributed by atoms with Crippen LogP contribution >= 0.6 is 11.6 Å². The van der Waals surface area contributed by atoms with Crippen LogP contribution in [0.2, 0.25) is 5.02 Å². The van der Waals surface area contributed by atoms with Crippen LogP contribution in [0.5, 0.6) is 5.75 Å². The Balaban J connectivity index is 1.59. The fraction of sp³-hybridized carbons (Fsp3) is 0.333. The van der Waals surface area contributed by atoms with Crippen LogP contribution in [0, 0.1) is 0 Å². The summed E-state index contributed by atoms with van der Waals surface area (Å²) in [6.07, 6.45) is 4.73. The SMILES string of the molecule is CCN1CC=C(c2ccc(Nc3ncc(Cl)c(Nc4ccccc4S(=O)(=O)C(C)C)n3)c(OC)c2)CC1. The molecule has 2 aromatic carbocycles. The molecule has 0 saturated heterocycles. The molecule has 0 unspecified atom stereocenters. The van der Waals surface area contributed by atoms with Crippen molar-refractivity contribution in [1.29, 1.82) is 0 Å². The van der Waals surface area contributed by atoms with Crippen molar-refractivity contribution in [3.05, 3.63) is 65.3 Å². The summed E-state index contributed by atoms with van der Waals surface area (Å²) < 4.78 is 31.3. The molecule has 37 heavy (non-hydrogen) atoms. The van der Waals surface area contributed by atoms with E-state index in [1.165, 1.54) is 11.8 Å². The lowest BCUT2D eigenvalue weighted by Gasteiger charge is -2.25. The summed E-state index contributed by atoms with van der Waals surface area (Å²) in [5.41, 5.74) is 3.53. The zero-order chi connectivity index (χ0) is 26.6. The maximum absolute atomic E-state index is 12.8. The topological polar surface area (TPSA) is 96.5 Å². The number of aromatic nitrogens is 2. The van der Waals surface area contributed by atoms with Crippen molar-refractivity contribution in [1.82, 2.24) is 14.9 Å². The predicted molar refractivity (Wildman–Crippen MR) is 150 cm³/mol. The van der Waals surface area contributed by atoms with Gasteiger partial charge in [-0.15, -0.1) is 0 Å². The summed E-state index contributed by atoms with van der Waals surface area (Å²) in [5, 5.41) is 5.96. The molecule has 2 N–H and O–H groups in total. The molecule has 0 fully saturated rings. The molecule has 8 nitrogen and oxygen atoms in total. The molecular weight excluding hydrogens is 510 g/mol. The molecule has 0 saturated carbocycles. The fourth-order valence-electron chi connectivity index (χ4n) is 4.09. The number of para-hydroxylation sites is 1. The van der Waals surface area contributed by atoms with Crippen LogP contribution in [0.4, 0.5) is 23.1 Å². The van der Waals surface area contributed by atoms with Gasteiger partial charge in [0.25, 0.3) is 0 Å². The van der Waals surface area contributed by atoms with E-state index in [0.717, 1.165) is 31.6 Å². The van der Waals surface area contributed by atoms with Crippen molar-refractivity contribution in [3.8, 4) is 5.75 Å². The van der Waals surface area contributed by atoms with E-state index in [4.69, 9.17) is 16.3 Å². The van der Waals surface area contributed by atoms with Gasteiger partial charge in [-0.05, 0) is 62.2 Å². The van der Waals surface area contributed by atoms with E-state index in [1.807, 2.05) is 12.1 Å². The van der Waals surface area contributed by atoms with Crippen molar-refractivity contribution in [2.24, 2.45) is 0 Å². The highest BCUT2D eigenvalue weighted by atomic mass is 35.5. The number of ether oxygens (including phenoxy) is 1. The van der Waals surface area contributed by atoms with Crippen LogP contribution in [0.3, 0.4) is 0 Å². The van der Waals surface area contributed by atoms with E-state index < -0.39 is 15.1 Å². The second-order valence-electron chi connectivity index (χ2n) is 9.02. The Morgan fingerprint density at radius 2 is 1.92 bits per heavy atom. The molecular formula is C27H32ClN5O3S. The zero-order valence-electron chi connectivity index (χ0n) is 21.5. The average molecular weight is 542 g/mol. The van der Waals surface area contributed by atoms with Crippen LogP contribution in [0.15, 0.2) is 59.6 Å². The number of hydrogen-bond acceptors (Lipinski definition) is 8. The Kier molecular flexibility index (Phi) is 8.36. The van der Waals surface area contributed by atoms with E-state index in [2.05, 4.69) is 44.6 Å². The van der Waals surface area contributed by atoms with Crippen LogP contribution in [0.1, 0.15) is 32.8 Å². The molecule has 1 aliphatic rings. The minimum Gasteiger partial charge on any atom is -0.495 e. The third-order valence-electron chi connectivity index (χ3n) is 6.37. The maximum Gasteiger partial charge on any atom is 0.229 e. The molecule has 2 heterocycles. The number of anilines is 4. The second kappa shape index (κ2) is 11.5. The minimum atomic E-state index is -3.51. The highest BCUT2D eigenvalue weighted by Gasteiger charge is 2.23. The van der Waals surface area contributed by atoms with Gasteiger partial charge in [0.1, 0.15) is 10.8 Å². The number of benzene rings is 2. The average Bonchev–Trinajstić information content (AvgIpc) is 2.91. The molecule has 0 aliphatic carbocycles. The molecule has 0 atom stereocenters. The largest absolute Gasteiger partial charge is 0.495 e. The maximum atomic E-state index is 12.8. The number of nitrogens with zero attached hydrogens (tertiary/aromatic N) is 3. The van der Waals surface area contributed by atoms with E-state index in [-0.39, 0.29) is 21.7 Å². The smallest absolute Gasteiger partial charge is 0.229 e. The number of sulfone groups is 1. The second-order valence-corrected chi connectivity index (χ2v) is 11.9. The van der Waals surface area contributed by atoms with Gasteiger partial charge < -0.3 is 15.4 Å². The van der Waals surface area contributed by atoms with E-state index in [0.29, 0.717) is 17.1 Å². The van der Waals surface area contributed by atoms with Gasteiger partial charge >= 0.3 is 0 Å². The van der Waals surface area contributed by atoms with Crippen LogP contribution in [0.25, 0.3) is 5.57 Å². The van der Waals surface area contributed by atoms with Crippen LogP contribution < -0.4 is 15.4 Å². The van der Waals surface area contributed by atoms with Gasteiger partial charge in [-0.25, -0.2) is 13.4 Å². The zero-order valence-corrected chi connectivity index (χ0v) is 23.0. The summed E-state index contributed by atoms with van der Waals surface area (Å²) in [5.74, 6) is 1.24. The Morgan fingerprint density at radius 3 is 2.59 bits per heavy atom. The summed E-state index contributed by atoms with van der Waals surface area (Å²) in [6.45, 7) is 8.51. The molecule has 1 aliphatic heterocycles. The molecule has 10 heteroatoms. The molecule has 0 spiro atoms. The van der Waals surface area contributed by atoms with Gasteiger partial charge in [0.2, 0.25) is 5.95 Å². The van der Waals surface area contributed by atoms with Gasteiger partial charge in [0.05, 0.1) is 34.8 Å². The predicted octanol–water partition coefficient (Wildman–Crippen LogP) is 5.92. The summed E-state index contributed by atoms with van der Waals surface area (Å²) in [7, 11) is -1.89. The van der Waals surface area contributed by atoms with Crippen LogP contribution in [-0.2, 0) is 9.84 Å². The first-order valence-corrected chi connectivity index (χ1v) is 14.1. The van der Waals surface area contributed by atoms with Crippen LogP contribution in [-0.4, -0.2) is 55.3 Å². The highest BCUT2D eigenvalue weighted by molar-refractivity contribution is 7.92. The van der Waals surface area contributed by atoms with Crippen molar-refractivity contribution >= 4 is 50.2 Å². The van der Waals surface area contributed by atoms with Crippen molar-refractivity contribution < 1.29 is 13.2 Å². The van der Waals surface area contributed by atoms with Gasteiger partial charge in [0, 0.05) is 13.1 Å². The molecule has 0 bridgehead atoms. The normalized spacial score (nSPS) is 14.4. The standard InChI is InChI=1S/C27H32ClN5O3S/c1-5-33-14-12-19(13-15-33)20-10-11-22(24(16-20)36-4)31-27-29-17-21(28)26(32-27)30-23-8-6-7-9-25(23)37(34,35)18(2)3/h6-12,16-18H,5,13-15H2,1-4H3,(H2,29,30,31,32). The Morgan fingerprint density at radius 1 is 1.14 bits per heavy atom. The van der Waals surface area contributed by atoms with Crippen molar-refractivity contribution in [3.63, 3.8) is 0 Å². The highest BCUT2D eigenvalue weighted by Crippen LogP contribution is 2.34. The molecule has 3 aromatic rings. The van der Waals surface area contributed by atoms with Gasteiger partial charge in [0.15, 0.2) is 15.7 Å². The van der Waals surface area contributed by atoms with E-state index in [9.17, 15) is 8.42 Å². The fourth-order valence-corrected chi connectivity index (χ4v) is 5.43. The quantitative estimate of drug-likeness (QED) is 0.345. The number of likely N-dealkylation sites (N-methyl/N-ethyl adjacent to an activating group) is 1. The first-order valence-electron chi connectivity index (χ1n) is 12.2. The molecule has 0 radical (unpaired) electrons. The lowest BCUT2D eigenvalue weighted by atomic mass is 9.99. The Labute approximate surface area is 223 Å². The number of halogens is 1. The van der Waals surface area contributed by atoms with Gasteiger partial charge in [-0.3, -0.25) is 4.90 Å².